The number of nitrogens with one attached hydrogen (secondary N) is 1. The SMILES string of the molecule is CC(O)c1ccccc1OCC(=O)Nc1ccccc1F. The minimum absolute atomic E-state index is 0.106. The number of hydrogen-bond donors (Lipinski definition) is 2. The monoisotopic (exact) mass is 289 g/mol. The number of aliphatic hydroxyl groups excluding tert-OH is 1. The molecule has 2 aromatic carbocycles. The molecular formula is C16H16FNO3. The average molecular weight is 289 g/mol. The van der Waals surface area contributed by atoms with Gasteiger partial charge >= 0.3 is 0 Å². The summed E-state index contributed by atoms with van der Waals surface area (Å²) in [4.78, 5) is 11.8. The third-order valence-electron chi connectivity index (χ3n) is 2.88. The Morgan fingerprint density at radius 3 is 2.62 bits per heavy atom. The van der Waals surface area contributed by atoms with E-state index in [1.54, 1.807) is 43.3 Å². The van der Waals surface area contributed by atoms with Crippen LogP contribution >= 0.6 is 0 Å². The summed E-state index contributed by atoms with van der Waals surface area (Å²) in [5, 5.41) is 12.0. The number of para-hydroxylation sites is 2. The molecule has 1 amide bonds. The molecule has 0 aliphatic heterocycles. The zero-order valence-electron chi connectivity index (χ0n) is 11.5. The maximum atomic E-state index is 13.4. The van der Waals surface area contributed by atoms with E-state index in [0.717, 1.165) is 0 Å². The Hall–Kier alpha value is -2.40. The van der Waals surface area contributed by atoms with Crippen LogP contribution in [-0.2, 0) is 4.79 Å². The summed E-state index contributed by atoms with van der Waals surface area (Å²) >= 11 is 0. The van der Waals surface area contributed by atoms with Crippen LogP contribution in [0.25, 0.3) is 0 Å². The zero-order chi connectivity index (χ0) is 15.2. The van der Waals surface area contributed by atoms with Gasteiger partial charge in [-0.25, -0.2) is 4.39 Å². The normalized spacial score (nSPS) is 11.8. The van der Waals surface area contributed by atoms with E-state index >= 15 is 0 Å². The number of hydrogen-bond acceptors (Lipinski definition) is 3. The Bertz CT molecular complexity index is 628. The van der Waals surface area contributed by atoms with Crippen LogP contribution in [0.2, 0.25) is 0 Å². The number of ether oxygens (including phenoxy) is 1. The Labute approximate surface area is 122 Å². The molecule has 0 fully saturated rings. The summed E-state index contributed by atoms with van der Waals surface area (Å²) < 4.78 is 18.8. The third-order valence-corrected chi connectivity index (χ3v) is 2.88. The van der Waals surface area contributed by atoms with Gasteiger partial charge in [-0.05, 0) is 25.1 Å². The van der Waals surface area contributed by atoms with Crippen molar-refractivity contribution >= 4 is 11.6 Å². The van der Waals surface area contributed by atoms with Crippen molar-refractivity contribution in [2.75, 3.05) is 11.9 Å². The van der Waals surface area contributed by atoms with Crippen molar-refractivity contribution in [1.29, 1.82) is 0 Å². The Morgan fingerprint density at radius 1 is 1.24 bits per heavy atom. The molecule has 2 aromatic rings. The summed E-state index contributed by atoms with van der Waals surface area (Å²) in [5.41, 5.74) is 0.700. The molecule has 0 radical (unpaired) electrons. The second kappa shape index (κ2) is 6.85. The number of rotatable bonds is 5. The van der Waals surface area contributed by atoms with Crippen molar-refractivity contribution in [2.24, 2.45) is 0 Å². The molecule has 0 saturated carbocycles. The molecule has 5 heteroatoms. The number of halogens is 1. The number of aliphatic hydroxyl groups is 1. The molecule has 21 heavy (non-hydrogen) atoms. The topological polar surface area (TPSA) is 58.6 Å². The highest BCUT2D eigenvalue weighted by atomic mass is 19.1. The first-order valence-corrected chi connectivity index (χ1v) is 6.52. The number of carbonyl (C=O) groups is 1. The van der Waals surface area contributed by atoms with Crippen LogP contribution in [0.15, 0.2) is 48.5 Å². The fourth-order valence-electron chi connectivity index (χ4n) is 1.85. The lowest BCUT2D eigenvalue weighted by atomic mass is 10.1. The predicted octanol–water partition coefficient (Wildman–Crippen LogP) is 2.90. The zero-order valence-corrected chi connectivity index (χ0v) is 11.5. The molecule has 0 bridgehead atoms. The number of anilines is 1. The van der Waals surface area contributed by atoms with Crippen LogP contribution < -0.4 is 10.1 Å². The van der Waals surface area contributed by atoms with Crippen molar-refractivity contribution in [3.8, 4) is 5.75 Å². The summed E-state index contributed by atoms with van der Waals surface area (Å²) in [6.07, 6.45) is -0.698. The second-order valence-corrected chi connectivity index (χ2v) is 4.53. The highest BCUT2D eigenvalue weighted by Gasteiger charge is 2.11. The third kappa shape index (κ3) is 4.03. The molecule has 2 N–H and O–H groups in total. The lowest BCUT2D eigenvalue weighted by Crippen LogP contribution is -2.21. The van der Waals surface area contributed by atoms with Gasteiger partial charge in [-0.1, -0.05) is 30.3 Å². The van der Waals surface area contributed by atoms with E-state index in [1.807, 2.05) is 0 Å². The van der Waals surface area contributed by atoms with Crippen LogP contribution in [-0.4, -0.2) is 17.6 Å². The molecule has 2 rings (SSSR count). The highest BCUT2D eigenvalue weighted by molar-refractivity contribution is 5.91. The lowest BCUT2D eigenvalue weighted by Gasteiger charge is -2.13. The Kier molecular flexibility index (Phi) is 4.90. The van der Waals surface area contributed by atoms with Gasteiger partial charge in [-0.2, -0.15) is 0 Å². The molecule has 0 aliphatic carbocycles. The van der Waals surface area contributed by atoms with Crippen molar-refractivity contribution < 1.29 is 19.0 Å². The molecule has 0 saturated heterocycles. The van der Waals surface area contributed by atoms with Crippen molar-refractivity contribution in [3.63, 3.8) is 0 Å². The predicted molar refractivity (Wildman–Crippen MR) is 77.6 cm³/mol. The smallest absolute Gasteiger partial charge is 0.262 e. The van der Waals surface area contributed by atoms with Crippen LogP contribution in [0.1, 0.15) is 18.6 Å². The van der Waals surface area contributed by atoms with E-state index in [4.69, 9.17) is 4.74 Å². The molecule has 1 atom stereocenters. The lowest BCUT2D eigenvalue weighted by molar-refractivity contribution is -0.118. The van der Waals surface area contributed by atoms with E-state index in [2.05, 4.69) is 5.32 Å². The molecule has 4 nitrogen and oxygen atoms in total. The van der Waals surface area contributed by atoms with Crippen LogP contribution in [0.5, 0.6) is 5.75 Å². The molecule has 1 unspecified atom stereocenters. The number of carbonyl (C=O) groups excluding carboxylic acids is 1. The van der Waals surface area contributed by atoms with Gasteiger partial charge < -0.3 is 15.2 Å². The maximum absolute atomic E-state index is 13.4. The maximum Gasteiger partial charge on any atom is 0.262 e. The van der Waals surface area contributed by atoms with E-state index in [-0.39, 0.29) is 12.3 Å². The van der Waals surface area contributed by atoms with Gasteiger partial charge in [0.1, 0.15) is 11.6 Å². The summed E-state index contributed by atoms with van der Waals surface area (Å²) in [6.45, 7) is 1.35. The van der Waals surface area contributed by atoms with Gasteiger partial charge in [0.2, 0.25) is 0 Å². The highest BCUT2D eigenvalue weighted by Crippen LogP contribution is 2.24. The first-order chi connectivity index (χ1) is 10.1. The molecule has 0 heterocycles. The van der Waals surface area contributed by atoms with Gasteiger partial charge in [0.05, 0.1) is 11.8 Å². The molecular weight excluding hydrogens is 273 g/mol. The van der Waals surface area contributed by atoms with Crippen molar-refractivity contribution in [1.82, 2.24) is 0 Å². The van der Waals surface area contributed by atoms with Crippen LogP contribution in [0.3, 0.4) is 0 Å². The van der Waals surface area contributed by atoms with Gasteiger partial charge in [0.25, 0.3) is 5.91 Å². The first kappa shape index (κ1) is 15.0. The van der Waals surface area contributed by atoms with Crippen LogP contribution in [0, 0.1) is 5.82 Å². The van der Waals surface area contributed by atoms with Crippen molar-refractivity contribution in [3.05, 3.63) is 59.9 Å². The van der Waals surface area contributed by atoms with E-state index in [9.17, 15) is 14.3 Å². The van der Waals surface area contributed by atoms with Crippen LogP contribution in [0.4, 0.5) is 10.1 Å². The van der Waals surface area contributed by atoms with E-state index in [1.165, 1.54) is 12.1 Å². The standard InChI is InChI=1S/C16H16FNO3/c1-11(19)12-6-2-5-9-15(12)21-10-16(20)18-14-8-4-3-7-13(14)17/h2-9,11,19H,10H2,1H3,(H,18,20). The number of amides is 1. The van der Waals surface area contributed by atoms with Crippen molar-refractivity contribution in [2.45, 2.75) is 13.0 Å². The van der Waals surface area contributed by atoms with Gasteiger partial charge in [0, 0.05) is 5.56 Å². The fraction of sp³-hybridized carbons (Fsp3) is 0.188. The second-order valence-electron chi connectivity index (χ2n) is 4.53. The summed E-state index contributed by atoms with van der Waals surface area (Å²) in [6, 6.07) is 12.8. The quantitative estimate of drug-likeness (QED) is 0.889. The number of benzene rings is 2. The minimum atomic E-state index is -0.698. The molecule has 0 spiro atoms. The minimum Gasteiger partial charge on any atom is -0.483 e. The van der Waals surface area contributed by atoms with E-state index in [0.29, 0.717) is 11.3 Å². The largest absolute Gasteiger partial charge is 0.483 e. The van der Waals surface area contributed by atoms with Gasteiger partial charge in [-0.15, -0.1) is 0 Å². The van der Waals surface area contributed by atoms with E-state index < -0.39 is 17.8 Å². The molecule has 0 aromatic heterocycles. The summed E-state index contributed by atoms with van der Waals surface area (Å²) in [5.74, 6) is -0.549. The van der Waals surface area contributed by atoms with Gasteiger partial charge in [0.15, 0.2) is 6.61 Å². The Morgan fingerprint density at radius 2 is 1.90 bits per heavy atom. The fourth-order valence-corrected chi connectivity index (χ4v) is 1.85. The van der Waals surface area contributed by atoms with Gasteiger partial charge in [-0.3, -0.25) is 4.79 Å². The molecule has 0 aliphatic rings. The summed E-state index contributed by atoms with van der Waals surface area (Å²) in [7, 11) is 0. The average Bonchev–Trinajstić information content (AvgIpc) is 2.48. The Balaban J connectivity index is 1.97. The first-order valence-electron chi connectivity index (χ1n) is 6.52. The molecule has 110 valence electrons.